The minimum absolute atomic E-state index is 0.0796. The lowest BCUT2D eigenvalue weighted by molar-refractivity contribution is -0.139. The summed E-state index contributed by atoms with van der Waals surface area (Å²) in [6.07, 6.45) is 2.07. The Morgan fingerprint density at radius 3 is 2.43 bits per heavy atom. The average molecular weight is 380 g/mol. The van der Waals surface area contributed by atoms with Gasteiger partial charge in [0, 0.05) is 42.3 Å². The van der Waals surface area contributed by atoms with E-state index in [1.165, 1.54) is 5.56 Å². The summed E-state index contributed by atoms with van der Waals surface area (Å²) in [6, 6.07) is 6.01. The van der Waals surface area contributed by atoms with Gasteiger partial charge in [-0.15, -0.1) is 0 Å². The molecule has 0 atom stereocenters. The number of nitrogens with zero attached hydrogens (tertiary/aromatic N) is 2. The maximum atomic E-state index is 12.3. The first-order valence-corrected chi connectivity index (χ1v) is 8.90. The molecule has 1 N–H and O–H groups in total. The van der Waals surface area contributed by atoms with E-state index < -0.39 is 0 Å². The molecule has 1 aliphatic heterocycles. The van der Waals surface area contributed by atoms with E-state index in [2.05, 4.69) is 21.2 Å². The fraction of sp³-hybridized carbons (Fsp3) is 0.529. The van der Waals surface area contributed by atoms with Crippen molar-refractivity contribution in [2.24, 2.45) is 5.92 Å². The molecule has 23 heavy (non-hydrogen) atoms. The molecule has 1 saturated heterocycles. The Morgan fingerprint density at radius 1 is 1.17 bits per heavy atom. The minimum atomic E-state index is 0.0796. The zero-order valence-electron chi connectivity index (χ0n) is 13.3. The first-order chi connectivity index (χ1) is 11.0. The molecule has 3 rings (SSSR count). The van der Waals surface area contributed by atoms with Crippen molar-refractivity contribution in [3.8, 4) is 0 Å². The Hall–Kier alpha value is -1.56. The van der Waals surface area contributed by atoms with E-state index in [4.69, 9.17) is 0 Å². The fourth-order valence-electron chi connectivity index (χ4n) is 2.81. The van der Waals surface area contributed by atoms with Crippen molar-refractivity contribution in [1.82, 2.24) is 9.80 Å². The summed E-state index contributed by atoms with van der Waals surface area (Å²) in [6.45, 7) is 4.90. The van der Waals surface area contributed by atoms with Crippen LogP contribution in [-0.4, -0.2) is 54.3 Å². The van der Waals surface area contributed by atoms with Gasteiger partial charge in [-0.05, 0) is 53.4 Å². The molecule has 1 aromatic carbocycles. The standard InChI is InChI=1S/C17H22BrN3O2/c1-12-2-5-15(14(18)10-12)19-11-16(22)20-6-8-21(9-7-20)17(23)13-3-4-13/h2,5,10,13,19H,3-4,6-9,11H2,1H3. The fourth-order valence-corrected chi connectivity index (χ4v) is 3.44. The van der Waals surface area contributed by atoms with E-state index in [9.17, 15) is 9.59 Å². The van der Waals surface area contributed by atoms with Crippen LogP contribution in [0.25, 0.3) is 0 Å². The number of carbonyl (C=O) groups is 2. The molecule has 1 heterocycles. The molecule has 0 aromatic heterocycles. The molecule has 2 fully saturated rings. The molecule has 6 heteroatoms. The molecule has 0 bridgehead atoms. The van der Waals surface area contributed by atoms with Gasteiger partial charge in [-0.2, -0.15) is 0 Å². The van der Waals surface area contributed by atoms with Gasteiger partial charge in [0.05, 0.1) is 6.54 Å². The van der Waals surface area contributed by atoms with Crippen molar-refractivity contribution >= 4 is 33.4 Å². The van der Waals surface area contributed by atoms with Crippen LogP contribution < -0.4 is 5.32 Å². The molecule has 0 radical (unpaired) electrons. The third kappa shape index (κ3) is 4.05. The molecule has 1 aliphatic carbocycles. The van der Waals surface area contributed by atoms with Crippen LogP contribution in [0.15, 0.2) is 22.7 Å². The molecule has 124 valence electrons. The van der Waals surface area contributed by atoms with Gasteiger partial charge in [0.2, 0.25) is 11.8 Å². The van der Waals surface area contributed by atoms with Gasteiger partial charge >= 0.3 is 0 Å². The summed E-state index contributed by atoms with van der Waals surface area (Å²) in [5.41, 5.74) is 2.09. The second kappa shape index (κ2) is 6.91. The van der Waals surface area contributed by atoms with E-state index in [1.54, 1.807) is 0 Å². The van der Waals surface area contributed by atoms with Crippen LogP contribution in [0, 0.1) is 12.8 Å². The van der Waals surface area contributed by atoms with Crippen molar-refractivity contribution in [2.75, 3.05) is 38.0 Å². The molecule has 0 unspecified atom stereocenters. The number of halogens is 1. The Labute approximate surface area is 145 Å². The van der Waals surface area contributed by atoms with Gasteiger partial charge in [-0.3, -0.25) is 9.59 Å². The summed E-state index contributed by atoms with van der Waals surface area (Å²) in [4.78, 5) is 28.1. The number of nitrogens with one attached hydrogen (secondary N) is 1. The lowest BCUT2D eigenvalue weighted by atomic mass is 10.2. The van der Waals surface area contributed by atoms with Crippen LogP contribution in [0.2, 0.25) is 0 Å². The highest BCUT2D eigenvalue weighted by Gasteiger charge is 2.35. The third-order valence-electron chi connectivity index (χ3n) is 4.43. The van der Waals surface area contributed by atoms with Crippen molar-refractivity contribution in [3.63, 3.8) is 0 Å². The predicted octanol–water partition coefficient (Wildman–Crippen LogP) is 2.25. The Kier molecular flexibility index (Phi) is 4.90. The van der Waals surface area contributed by atoms with E-state index in [1.807, 2.05) is 34.9 Å². The first-order valence-electron chi connectivity index (χ1n) is 8.11. The van der Waals surface area contributed by atoms with E-state index in [-0.39, 0.29) is 24.3 Å². The van der Waals surface area contributed by atoms with Crippen molar-refractivity contribution in [2.45, 2.75) is 19.8 Å². The number of hydrogen-bond donors (Lipinski definition) is 1. The number of piperazine rings is 1. The van der Waals surface area contributed by atoms with Gasteiger partial charge in [0.25, 0.3) is 0 Å². The van der Waals surface area contributed by atoms with Gasteiger partial charge in [0.1, 0.15) is 0 Å². The molecular formula is C17H22BrN3O2. The highest BCUT2D eigenvalue weighted by Crippen LogP contribution is 2.31. The Balaban J connectivity index is 1.46. The molecule has 1 saturated carbocycles. The minimum Gasteiger partial charge on any atom is -0.375 e. The zero-order valence-corrected chi connectivity index (χ0v) is 14.9. The highest BCUT2D eigenvalue weighted by atomic mass is 79.9. The number of hydrogen-bond acceptors (Lipinski definition) is 3. The van der Waals surface area contributed by atoms with Crippen LogP contribution in [0.3, 0.4) is 0 Å². The van der Waals surface area contributed by atoms with Crippen molar-refractivity contribution in [1.29, 1.82) is 0 Å². The largest absolute Gasteiger partial charge is 0.375 e. The summed E-state index contributed by atoms with van der Waals surface area (Å²) in [5, 5.41) is 3.18. The Morgan fingerprint density at radius 2 is 1.83 bits per heavy atom. The topological polar surface area (TPSA) is 52.7 Å². The van der Waals surface area contributed by atoms with E-state index in [0.29, 0.717) is 26.2 Å². The van der Waals surface area contributed by atoms with Crippen LogP contribution in [0.1, 0.15) is 18.4 Å². The van der Waals surface area contributed by atoms with Gasteiger partial charge in [-0.1, -0.05) is 6.07 Å². The predicted molar refractivity (Wildman–Crippen MR) is 93.3 cm³/mol. The zero-order chi connectivity index (χ0) is 16.4. The third-order valence-corrected chi connectivity index (χ3v) is 5.08. The summed E-state index contributed by atoms with van der Waals surface area (Å²) < 4.78 is 0.963. The van der Waals surface area contributed by atoms with Crippen molar-refractivity contribution in [3.05, 3.63) is 28.2 Å². The molecule has 2 aliphatic rings. The molecule has 1 aromatic rings. The molecular weight excluding hydrogens is 358 g/mol. The lowest BCUT2D eigenvalue weighted by Gasteiger charge is -2.35. The van der Waals surface area contributed by atoms with Crippen molar-refractivity contribution < 1.29 is 9.59 Å². The normalized spacial score (nSPS) is 18.0. The van der Waals surface area contributed by atoms with E-state index in [0.717, 1.165) is 23.0 Å². The number of anilines is 1. The van der Waals surface area contributed by atoms with Crippen LogP contribution in [0.4, 0.5) is 5.69 Å². The second-order valence-electron chi connectivity index (χ2n) is 6.32. The summed E-state index contributed by atoms with van der Waals surface area (Å²) in [7, 11) is 0. The van der Waals surface area contributed by atoms with Gasteiger partial charge in [0.15, 0.2) is 0 Å². The van der Waals surface area contributed by atoms with Crippen LogP contribution in [-0.2, 0) is 9.59 Å². The highest BCUT2D eigenvalue weighted by molar-refractivity contribution is 9.10. The number of rotatable bonds is 4. The number of amides is 2. The number of benzene rings is 1. The Bertz CT molecular complexity index is 608. The SMILES string of the molecule is Cc1ccc(NCC(=O)N2CCN(C(=O)C3CC3)CC2)c(Br)c1. The number of carbonyl (C=O) groups excluding carboxylic acids is 2. The van der Waals surface area contributed by atoms with E-state index >= 15 is 0 Å². The summed E-state index contributed by atoms with van der Waals surface area (Å²) in [5.74, 6) is 0.618. The maximum absolute atomic E-state index is 12.3. The molecule has 5 nitrogen and oxygen atoms in total. The molecule has 0 spiro atoms. The molecule has 2 amide bonds. The second-order valence-corrected chi connectivity index (χ2v) is 7.17. The van der Waals surface area contributed by atoms with Crippen LogP contribution in [0.5, 0.6) is 0 Å². The summed E-state index contributed by atoms with van der Waals surface area (Å²) >= 11 is 3.50. The average Bonchev–Trinajstić information content (AvgIpc) is 3.38. The van der Waals surface area contributed by atoms with Gasteiger partial charge in [-0.25, -0.2) is 0 Å². The lowest BCUT2D eigenvalue weighted by Crippen LogP contribution is -2.52. The van der Waals surface area contributed by atoms with Crippen LogP contribution >= 0.6 is 15.9 Å². The quantitative estimate of drug-likeness (QED) is 0.872. The smallest absolute Gasteiger partial charge is 0.241 e. The maximum Gasteiger partial charge on any atom is 0.241 e. The monoisotopic (exact) mass is 379 g/mol. The number of aryl methyl sites for hydroxylation is 1. The first kappa shape index (κ1) is 16.3. The van der Waals surface area contributed by atoms with Gasteiger partial charge < -0.3 is 15.1 Å².